The van der Waals surface area contributed by atoms with Crippen molar-refractivity contribution < 1.29 is 22.3 Å². The van der Waals surface area contributed by atoms with Crippen LogP contribution in [0.2, 0.25) is 0 Å². The Morgan fingerprint density at radius 3 is 2.53 bits per heavy atom. The maximum absolute atomic E-state index is 13.4. The second-order valence-electron chi connectivity index (χ2n) is 3.63. The molecule has 0 aliphatic rings. The second kappa shape index (κ2) is 5.07. The molecule has 1 N–H and O–H groups in total. The SMILES string of the molecule is CC(CO)N(C)S(=O)(=O)c1cc(F)ccc1F. The molecular formula is C10H13F2NO3S. The number of aliphatic hydroxyl groups excluding tert-OH is 1. The van der Waals surface area contributed by atoms with Gasteiger partial charge in [-0.2, -0.15) is 4.31 Å². The van der Waals surface area contributed by atoms with E-state index < -0.39 is 39.2 Å². The first-order valence-electron chi connectivity index (χ1n) is 4.84. The predicted molar refractivity (Wildman–Crippen MR) is 57.9 cm³/mol. The van der Waals surface area contributed by atoms with Crippen LogP contribution in [0.25, 0.3) is 0 Å². The summed E-state index contributed by atoms with van der Waals surface area (Å²) in [7, 11) is -2.95. The van der Waals surface area contributed by atoms with Crippen molar-refractivity contribution in [1.82, 2.24) is 4.31 Å². The van der Waals surface area contributed by atoms with Gasteiger partial charge in [0, 0.05) is 13.1 Å². The normalized spacial score (nSPS) is 14.0. The highest BCUT2D eigenvalue weighted by Gasteiger charge is 2.28. The van der Waals surface area contributed by atoms with E-state index in [4.69, 9.17) is 5.11 Å². The molecule has 1 aromatic carbocycles. The Bertz CT molecular complexity index is 504. The summed E-state index contributed by atoms with van der Waals surface area (Å²) in [6.45, 7) is 1.04. The van der Waals surface area contributed by atoms with E-state index in [1.807, 2.05) is 0 Å². The molecule has 0 saturated carbocycles. The van der Waals surface area contributed by atoms with Gasteiger partial charge in [0.25, 0.3) is 0 Å². The molecule has 17 heavy (non-hydrogen) atoms. The molecule has 1 rings (SSSR count). The monoisotopic (exact) mass is 265 g/mol. The van der Waals surface area contributed by atoms with E-state index in [2.05, 4.69) is 0 Å². The number of hydrogen-bond donors (Lipinski definition) is 1. The first kappa shape index (κ1) is 14.0. The van der Waals surface area contributed by atoms with Gasteiger partial charge in [-0.1, -0.05) is 0 Å². The average molecular weight is 265 g/mol. The molecule has 0 radical (unpaired) electrons. The minimum absolute atomic E-state index is 0.410. The molecule has 0 saturated heterocycles. The van der Waals surface area contributed by atoms with Gasteiger partial charge in [0.1, 0.15) is 16.5 Å². The lowest BCUT2D eigenvalue weighted by Crippen LogP contribution is -2.37. The maximum Gasteiger partial charge on any atom is 0.246 e. The molecule has 96 valence electrons. The Morgan fingerprint density at radius 2 is 2.00 bits per heavy atom. The molecule has 0 heterocycles. The number of rotatable bonds is 4. The van der Waals surface area contributed by atoms with Crippen LogP contribution in [0.5, 0.6) is 0 Å². The van der Waals surface area contributed by atoms with Gasteiger partial charge >= 0.3 is 0 Å². The summed E-state index contributed by atoms with van der Waals surface area (Å²) in [5, 5.41) is 8.87. The van der Waals surface area contributed by atoms with Gasteiger partial charge in [0.2, 0.25) is 10.0 Å². The molecular weight excluding hydrogens is 252 g/mol. The van der Waals surface area contributed by atoms with Gasteiger partial charge in [0.15, 0.2) is 0 Å². The zero-order valence-corrected chi connectivity index (χ0v) is 10.2. The number of likely N-dealkylation sites (N-methyl/N-ethyl adjacent to an activating group) is 1. The lowest BCUT2D eigenvalue weighted by molar-refractivity contribution is 0.213. The summed E-state index contributed by atoms with van der Waals surface area (Å²) in [4.78, 5) is -0.736. The smallest absolute Gasteiger partial charge is 0.246 e. The fourth-order valence-electron chi connectivity index (χ4n) is 1.18. The lowest BCUT2D eigenvalue weighted by atomic mass is 10.3. The van der Waals surface area contributed by atoms with Crippen LogP contribution in [0.4, 0.5) is 8.78 Å². The van der Waals surface area contributed by atoms with Crippen LogP contribution >= 0.6 is 0 Å². The van der Waals surface area contributed by atoms with E-state index in [-0.39, 0.29) is 0 Å². The standard InChI is InChI=1S/C10H13F2NO3S/c1-7(6-14)13(2)17(15,16)10-5-8(11)3-4-9(10)12/h3-5,7,14H,6H2,1-2H3. The van der Waals surface area contributed by atoms with Crippen molar-refractivity contribution in [2.75, 3.05) is 13.7 Å². The second-order valence-corrected chi connectivity index (χ2v) is 5.59. The summed E-state index contributed by atoms with van der Waals surface area (Å²) >= 11 is 0. The van der Waals surface area contributed by atoms with Gasteiger partial charge < -0.3 is 5.11 Å². The summed E-state index contributed by atoms with van der Waals surface area (Å²) in [5.74, 6) is -1.86. The fraction of sp³-hybridized carbons (Fsp3) is 0.400. The largest absolute Gasteiger partial charge is 0.395 e. The molecule has 0 aliphatic carbocycles. The quantitative estimate of drug-likeness (QED) is 0.882. The fourth-order valence-corrected chi connectivity index (χ4v) is 2.61. The van der Waals surface area contributed by atoms with Gasteiger partial charge in [-0.15, -0.1) is 0 Å². The first-order valence-corrected chi connectivity index (χ1v) is 6.28. The van der Waals surface area contributed by atoms with E-state index in [1.54, 1.807) is 0 Å². The molecule has 0 bridgehead atoms. The summed E-state index contributed by atoms with van der Waals surface area (Å²) < 4.78 is 50.9. The predicted octanol–water partition coefficient (Wildman–Crippen LogP) is 0.966. The highest BCUT2D eigenvalue weighted by Crippen LogP contribution is 2.20. The molecule has 1 aromatic rings. The molecule has 0 fully saturated rings. The minimum Gasteiger partial charge on any atom is -0.395 e. The van der Waals surface area contributed by atoms with Crippen molar-refractivity contribution in [1.29, 1.82) is 0 Å². The Morgan fingerprint density at radius 1 is 1.41 bits per heavy atom. The number of aliphatic hydroxyl groups is 1. The van der Waals surface area contributed by atoms with Crippen LogP contribution in [0.3, 0.4) is 0 Å². The molecule has 7 heteroatoms. The zero-order valence-electron chi connectivity index (χ0n) is 9.39. The van der Waals surface area contributed by atoms with Crippen molar-refractivity contribution in [2.45, 2.75) is 17.9 Å². The summed E-state index contributed by atoms with van der Waals surface area (Å²) in [6.07, 6.45) is 0. The third kappa shape index (κ3) is 2.80. The first-order chi connectivity index (χ1) is 7.80. The Labute approximate surface area is 98.5 Å². The van der Waals surface area contributed by atoms with E-state index in [0.717, 1.165) is 16.4 Å². The Hall–Kier alpha value is -1.05. The zero-order chi connectivity index (χ0) is 13.2. The van der Waals surface area contributed by atoms with Crippen molar-refractivity contribution in [3.05, 3.63) is 29.8 Å². The number of sulfonamides is 1. The highest BCUT2D eigenvalue weighted by molar-refractivity contribution is 7.89. The van der Waals surface area contributed by atoms with Crippen LogP contribution in [0.1, 0.15) is 6.92 Å². The third-order valence-corrected chi connectivity index (χ3v) is 4.42. The molecule has 0 spiro atoms. The highest BCUT2D eigenvalue weighted by atomic mass is 32.2. The van der Waals surface area contributed by atoms with E-state index in [1.165, 1.54) is 14.0 Å². The van der Waals surface area contributed by atoms with Crippen LogP contribution in [-0.2, 0) is 10.0 Å². The van der Waals surface area contributed by atoms with E-state index >= 15 is 0 Å². The lowest BCUT2D eigenvalue weighted by Gasteiger charge is -2.22. The van der Waals surface area contributed by atoms with E-state index in [9.17, 15) is 17.2 Å². The van der Waals surface area contributed by atoms with Crippen LogP contribution < -0.4 is 0 Å². The van der Waals surface area contributed by atoms with Crippen molar-refractivity contribution in [2.24, 2.45) is 0 Å². The molecule has 0 aromatic heterocycles. The third-order valence-electron chi connectivity index (χ3n) is 2.44. The molecule has 4 nitrogen and oxygen atoms in total. The van der Waals surface area contributed by atoms with Crippen LogP contribution in [0.15, 0.2) is 23.1 Å². The minimum atomic E-state index is -4.15. The molecule has 0 amide bonds. The van der Waals surface area contributed by atoms with Gasteiger partial charge in [0.05, 0.1) is 6.61 Å². The van der Waals surface area contributed by atoms with Crippen LogP contribution in [-0.4, -0.2) is 37.5 Å². The number of halogens is 2. The van der Waals surface area contributed by atoms with Crippen molar-refractivity contribution >= 4 is 10.0 Å². The van der Waals surface area contributed by atoms with Crippen LogP contribution in [0, 0.1) is 11.6 Å². The number of benzene rings is 1. The number of hydrogen-bond acceptors (Lipinski definition) is 3. The van der Waals surface area contributed by atoms with Gasteiger partial charge in [-0.25, -0.2) is 17.2 Å². The van der Waals surface area contributed by atoms with E-state index in [0.29, 0.717) is 6.07 Å². The number of nitrogens with zero attached hydrogens (tertiary/aromatic N) is 1. The van der Waals surface area contributed by atoms with Crippen molar-refractivity contribution in [3.63, 3.8) is 0 Å². The topological polar surface area (TPSA) is 57.6 Å². The molecule has 1 atom stereocenters. The summed E-state index contributed by atoms with van der Waals surface area (Å²) in [6, 6.07) is 1.48. The maximum atomic E-state index is 13.4. The Balaban J connectivity index is 3.26. The van der Waals surface area contributed by atoms with Gasteiger partial charge in [-0.05, 0) is 25.1 Å². The molecule has 0 aliphatic heterocycles. The average Bonchev–Trinajstić information content (AvgIpc) is 2.30. The molecule has 1 unspecified atom stereocenters. The Kier molecular flexibility index (Phi) is 4.18. The van der Waals surface area contributed by atoms with Crippen molar-refractivity contribution in [3.8, 4) is 0 Å². The van der Waals surface area contributed by atoms with Gasteiger partial charge in [-0.3, -0.25) is 0 Å². The summed E-state index contributed by atoms with van der Waals surface area (Å²) in [5.41, 5.74) is 0.